The summed E-state index contributed by atoms with van der Waals surface area (Å²) in [6, 6.07) is 0. The van der Waals surface area contributed by atoms with E-state index >= 15 is 0 Å². The molecule has 0 radical (unpaired) electrons. The van der Waals surface area contributed by atoms with Crippen molar-refractivity contribution in [1.29, 1.82) is 0 Å². The summed E-state index contributed by atoms with van der Waals surface area (Å²) in [6.07, 6.45) is 2.79. The van der Waals surface area contributed by atoms with Gasteiger partial charge < -0.3 is 5.32 Å². The summed E-state index contributed by atoms with van der Waals surface area (Å²) in [5, 5.41) is 2.73. The molecule has 0 saturated heterocycles. The molecule has 0 rings (SSSR count). The lowest BCUT2D eigenvalue weighted by Gasteiger charge is -2.01. The topological polar surface area (TPSA) is 46.2 Å². The van der Waals surface area contributed by atoms with E-state index in [0.717, 1.165) is 12.0 Å². The molecule has 0 fully saturated rings. The molecule has 0 spiro atoms. The molecule has 0 aliphatic rings. The number of allylic oxidation sites excluding steroid dienone is 1. The van der Waals surface area contributed by atoms with Gasteiger partial charge in [0.05, 0.1) is 0 Å². The normalized spacial score (nSPS) is 11.2. The largest absolute Gasteiger partial charge is 0.356 e. The Morgan fingerprint density at radius 3 is 2.50 bits per heavy atom. The minimum Gasteiger partial charge on any atom is -0.356 e. The van der Waals surface area contributed by atoms with E-state index < -0.39 is 0 Å². The van der Waals surface area contributed by atoms with Gasteiger partial charge >= 0.3 is 0 Å². The fourth-order valence-electron chi connectivity index (χ4n) is 0.874. The summed E-state index contributed by atoms with van der Waals surface area (Å²) in [5.74, 6) is 0.576. The van der Waals surface area contributed by atoms with Gasteiger partial charge in [0.15, 0.2) is 0 Å². The van der Waals surface area contributed by atoms with Crippen molar-refractivity contribution < 1.29 is 9.59 Å². The zero-order valence-corrected chi connectivity index (χ0v) is 9.74. The Bertz CT molecular complexity index is 236. The summed E-state index contributed by atoms with van der Waals surface area (Å²) >= 11 is 1.24. The van der Waals surface area contributed by atoms with Crippen LogP contribution in [0.15, 0.2) is 11.6 Å². The molecule has 0 aliphatic heterocycles. The molecule has 3 nitrogen and oxygen atoms in total. The molecule has 0 bridgehead atoms. The van der Waals surface area contributed by atoms with Gasteiger partial charge in [-0.1, -0.05) is 24.8 Å². The minimum absolute atomic E-state index is 0.0566. The second-order valence-electron chi connectivity index (χ2n) is 2.91. The third-order valence-electron chi connectivity index (χ3n) is 1.54. The first kappa shape index (κ1) is 13.2. The van der Waals surface area contributed by atoms with Crippen LogP contribution in [0.4, 0.5) is 0 Å². The predicted octanol–water partition coefficient (Wildman–Crippen LogP) is 1.74. The Balaban J connectivity index is 3.64. The Kier molecular flexibility index (Phi) is 7.20. The third kappa shape index (κ3) is 6.71. The molecule has 1 amide bonds. The summed E-state index contributed by atoms with van der Waals surface area (Å²) in [6.45, 7) is 5.83. The van der Waals surface area contributed by atoms with E-state index in [1.807, 2.05) is 19.9 Å². The maximum Gasteiger partial charge on any atom is 0.216 e. The molecule has 0 aromatic heterocycles. The van der Waals surface area contributed by atoms with Gasteiger partial charge in [0, 0.05) is 19.2 Å². The van der Waals surface area contributed by atoms with Crippen LogP contribution in [0.3, 0.4) is 0 Å². The molecule has 80 valence electrons. The van der Waals surface area contributed by atoms with Gasteiger partial charge in [-0.05, 0) is 18.9 Å². The van der Waals surface area contributed by atoms with E-state index in [9.17, 15) is 9.59 Å². The second-order valence-corrected chi connectivity index (χ2v) is 3.98. The average Bonchev–Trinajstić information content (AvgIpc) is 2.12. The number of rotatable bonds is 5. The van der Waals surface area contributed by atoms with Crippen molar-refractivity contribution in [2.45, 2.75) is 27.2 Å². The first-order valence-corrected chi connectivity index (χ1v) is 5.64. The van der Waals surface area contributed by atoms with E-state index in [0.29, 0.717) is 12.3 Å². The first-order chi connectivity index (χ1) is 6.57. The molecule has 4 heteroatoms. The molecule has 0 atom stereocenters. The molecule has 0 unspecified atom stereocenters. The van der Waals surface area contributed by atoms with Crippen LogP contribution in [-0.2, 0) is 9.59 Å². The van der Waals surface area contributed by atoms with Crippen molar-refractivity contribution >= 4 is 22.8 Å². The molecular formula is C10H17NO2S. The lowest BCUT2D eigenvalue weighted by molar-refractivity contribution is -0.118. The van der Waals surface area contributed by atoms with Gasteiger partial charge in [-0.25, -0.2) is 0 Å². The second kappa shape index (κ2) is 7.62. The van der Waals surface area contributed by atoms with Crippen molar-refractivity contribution in [1.82, 2.24) is 5.32 Å². The van der Waals surface area contributed by atoms with Crippen LogP contribution in [0.1, 0.15) is 27.2 Å². The fourth-order valence-corrected chi connectivity index (χ4v) is 1.57. The Morgan fingerprint density at radius 2 is 2.00 bits per heavy atom. The Hall–Kier alpha value is -0.770. The smallest absolute Gasteiger partial charge is 0.216 e. The van der Waals surface area contributed by atoms with Crippen LogP contribution < -0.4 is 5.32 Å². The van der Waals surface area contributed by atoms with Gasteiger partial charge in [0.2, 0.25) is 11.0 Å². The zero-order chi connectivity index (χ0) is 11.0. The molecule has 0 saturated carbocycles. The summed E-state index contributed by atoms with van der Waals surface area (Å²) in [5.41, 5.74) is 0.792. The zero-order valence-electron chi connectivity index (χ0n) is 8.92. The molecule has 1 N–H and O–H groups in total. The van der Waals surface area contributed by atoms with Crippen molar-refractivity contribution in [2.75, 3.05) is 12.3 Å². The maximum absolute atomic E-state index is 11.4. The van der Waals surface area contributed by atoms with Crippen molar-refractivity contribution in [3.8, 4) is 0 Å². The molecule has 14 heavy (non-hydrogen) atoms. The summed E-state index contributed by atoms with van der Waals surface area (Å²) in [4.78, 5) is 21.9. The highest BCUT2D eigenvalue weighted by Crippen LogP contribution is 2.09. The SMILES string of the molecule is CC/C=C(\C)C(=O)SCCNC(C)=O. The van der Waals surface area contributed by atoms with Crippen LogP contribution in [0.2, 0.25) is 0 Å². The van der Waals surface area contributed by atoms with E-state index in [1.54, 1.807) is 0 Å². The molecule has 0 heterocycles. The third-order valence-corrected chi connectivity index (χ3v) is 2.53. The molecule has 0 aromatic rings. The minimum atomic E-state index is -0.0566. The van der Waals surface area contributed by atoms with Crippen LogP contribution in [0.5, 0.6) is 0 Å². The van der Waals surface area contributed by atoms with Crippen molar-refractivity contribution in [3.05, 3.63) is 11.6 Å². The summed E-state index contributed by atoms with van der Waals surface area (Å²) in [7, 11) is 0. The number of carbonyl (C=O) groups is 2. The highest BCUT2D eigenvalue weighted by Gasteiger charge is 2.03. The molecule has 0 aliphatic carbocycles. The maximum atomic E-state index is 11.4. The van der Waals surface area contributed by atoms with Crippen LogP contribution >= 0.6 is 11.8 Å². The van der Waals surface area contributed by atoms with Crippen LogP contribution in [0, 0.1) is 0 Å². The van der Waals surface area contributed by atoms with E-state index in [2.05, 4.69) is 5.32 Å². The number of hydrogen-bond donors (Lipinski definition) is 1. The van der Waals surface area contributed by atoms with Gasteiger partial charge in [-0.3, -0.25) is 9.59 Å². The van der Waals surface area contributed by atoms with Crippen LogP contribution in [0.25, 0.3) is 0 Å². The van der Waals surface area contributed by atoms with Crippen LogP contribution in [-0.4, -0.2) is 23.3 Å². The van der Waals surface area contributed by atoms with Gasteiger partial charge in [-0.15, -0.1) is 0 Å². The first-order valence-electron chi connectivity index (χ1n) is 4.66. The monoisotopic (exact) mass is 215 g/mol. The number of thioether (sulfide) groups is 1. The quantitative estimate of drug-likeness (QED) is 0.561. The highest BCUT2D eigenvalue weighted by atomic mass is 32.2. The Labute approximate surface area is 89.3 Å². The van der Waals surface area contributed by atoms with Gasteiger partial charge in [0.25, 0.3) is 0 Å². The van der Waals surface area contributed by atoms with Crippen molar-refractivity contribution in [3.63, 3.8) is 0 Å². The van der Waals surface area contributed by atoms with E-state index in [4.69, 9.17) is 0 Å². The van der Waals surface area contributed by atoms with Crippen molar-refractivity contribution in [2.24, 2.45) is 0 Å². The number of amides is 1. The number of hydrogen-bond acceptors (Lipinski definition) is 3. The average molecular weight is 215 g/mol. The lowest BCUT2D eigenvalue weighted by atomic mass is 10.3. The lowest BCUT2D eigenvalue weighted by Crippen LogP contribution is -2.22. The van der Waals surface area contributed by atoms with E-state index in [1.165, 1.54) is 18.7 Å². The number of carbonyl (C=O) groups excluding carboxylic acids is 2. The standard InChI is InChI=1S/C10H17NO2S/c1-4-5-8(2)10(13)14-7-6-11-9(3)12/h5H,4,6-7H2,1-3H3,(H,11,12)/b8-5+. The highest BCUT2D eigenvalue weighted by molar-refractivity contribution is 8.14. The van der Waals surface area contributed by atoms with Gasteiger partial charge in [0.1, 0.15) is 0 Å². The van der Waals surface area contributed by atoms with E-state index in [-0.39, 0.29) is 11.0 Å². The number of nitrogens with one attached hydrogen (secondary N) is 1. The fraction of sp³-hybridized carbons (Fsp3) is 0.600. The molecular weight excluding hydrogens is 198 g/mol. The molecule has 0 aromatic carbocycles. The Morgan fingerprint density at radius 1 is 1.36 bits per heavy atom. The predicted molar refractivity (Wildman–Crippen MR) is 60.2 cm³/mol. The summed E-state index contributed by atoms with van der Waals surface area (Å²) < 4.78 is 0. The van der Waals surface area contributed by atoms with Gasteiger partial charge in [-0.2, -0.15) is 0 Å².